The molecule has 0 unspecified atom stereocenters. The summed E-state index contributed by atoms with van der Waals surface area (Å²) < 4.78 is 4.30. The molecule has 0 rings (SSSR count). The molecule has 0 radical (unpaired) electrons. The molecule has 1 N–H and O–H groups in total. The Hall–Kier alpha value is -1.63. The van der Waals surface area contributed by atoms with Gasteiger partial charge in [0.25, 0.3) is 0 Å². The van der Waals surface area contributed by atoms with Gasteiger partial charge in [0.05, 0.1) is 6.61 Å². The van der Waals surface area contributed by atoms with Crippen molar-refractivity contribution >= 4 is 17.9 Å². The summed E-state index contributed by atoms with van der Waals surface area (Å²) in [5, 5.41) is 8.04. The molecule has 0 aliphatic rings. The van der Waals surface area contributed by atoms with E-state index in [9.17, 15) is 14.4 Å². The Kier molecular flexibility index (Phi) is 11.0. The average molecular weight is 222 g/mol. The van der Waals surface area contributed by atoms with Crippen LogP contribution in [0.4, 0.5) is 0 Å². The van der Waals surface area contributed by atoms with Crippen molar-refractivity contribution in [2.75, 3.05) is 13.2 Å². The highest BCUT2D eigenvalue weighted by Gasteiger charge is 1.95. The van der Waals surface area contributed by atoms with Crippen LogP contribution in [-0.4, -0.2) is 36.2 Å². The van der Waals surface area contributed by atoms with E-state index in [0.717, 1.165) is 13.8 Å². The van der Waals surface area contributed by atoms with Crippen LogP contribution < -0.4 is 0 Å². The number of carbonyl (C=O) groups is 3. The van der Waals surface area contributed by atoms with Gasteiger partial charge in [-0.2, -0.15) is 0 Å². The van der Waals surface area contributed by atoms with E-state index >= 15 is 0 Å². The zero-order chi connectivity index (χ0) is 12.3. The first-order valence-electron chi connectivity index (χ1n) is 4.00. The molecule has 0 heterocycles. The lowest BCUT2D eigenvalue weighted by Crippen LogP contribution is -2.03. The second-order valence-corrected chi connectivity index (χ2v) is 2.21. The van der Waals surface area contributed by atoms with Crippen molar-refractivity contribution in [3.05, 3.63) is 0 Å². The van der Waals surface area contributed by atoms with E-state index in [1.54, 1.807) is 0 Å². The maximum absolute atomic E-state index is 9.87. The molecule has 7 heteroatoms. The van der Waals surface area contributed by atoms with E-state index in [4.69, 9.17) is 5.11 Å². The highest BCUT2D eigenvalue weighted by atomic mass is 17.2. The molecule has 0 atom stereocenters. The molecule has 7 nitrogen and oxygen atoms in total. The van der Waals surface area contributed by atoms with Gasteiger partial charge in [0, 0.05) is 20.8 Å². The van der Waals surface area contributed by atoms with Crippen LogP contribution in [0.1, 0.15) is 20.8 Å². The average Bonchev–Trinajstić information content (AvgIpc) is 2.12. The summed E-state index contributed by atoms with van der Waals surface area (Å²) in [6, 6.07) is 0. The highest BCUT2D eigenvalue weighted by Crippen LogP contribution is 1.78. The van der Waals surface area contributed by atoms with Gasteiger partial charge in [-0.15, -0.1) is 0 Å². The summed E-state index contributed by atoms with van der Waals surface area (Å²) >= 11 is 0. The molecule has 15 heavy (non-hydrogen) atoms. The predicted molar refractivity (Wildman–Crippen MR) is 47.3 cm³/mol. The van der Waals surface area contributed by atoms with E-state index in [1.165, 1.54) is 6.92 Å². The quantitative estimate of drug-likeness (QED) is 0.384. The highest BCUT2D eigenvalue weighted by molar-refractivity contribution is 5.69. The van der Waals surface area contributed by atoms with Gasteiger partial charge < -0.3 is 9.84 Å². The van der Waals surface area contributed by atoms with E-state index in [0.29, 0.717) is 0 Å². The molecule has 0 bridgehead atoms. The van der Waals surface area contributed by atoms with Crippen LogP contribution >= 0.6 is 0 Å². The second kappa shape index (κ2) is 10.5. The van der Waals surface area contributed by atoms with Gasteiger partial charge >= 0.3 is 17.9 Å². The molecule has 0 fully saturated rings. The minimum absolute atomic E-state index is 0.0976. The number of hydrogen-bond acceptors (Lipinski definition) is 7. The standard InChI is InChI=1S/C4H6O4.C4H8O3/c1-3(5)7-8-4(2)6;1-4(6)7-3-2-5/h1-2H3;5H,2-3H2,1H3. The Morgan fingerprint density at radius 1 is 0.933 bits per heavy atom. The third kappa shape index (κ3) is 24.5. The minimum atomic E-state index is -0.639. The van der Waals surface area contributed by atoms with Crippen molar-refractivity contribution in [3.8, 4) is 0 Å². The number of aliphatic hydroxyl groups is 1. The largest absolute Gasteiger partial charge is 0.463 e. The number of rotatable bonds is 2. The molecular weight excluding hydrogens is 208 g/mol. The lowest BCUT2D eigenvalue weighted by molar-refractivity contribution is -0.255. The smallest absolute Gasteiger partial charge is 0.352 e. The SMILES string of the molecule is CC(=O)OCCO.CC(=O)OOC(C)=O. The fourth-order valence-electron chi connectivity index (χ4n) is 0.307. The zero-order valence-corrected chi connectivity index (χ0v) is 8.81. The van der Waals surface area contributed by atoms with Gasteiger partial charge in [-0.1, -0.05) is 0 Å². The number of ether oxygens (including phenoxy) is 1. The van der Waals surface area contributed by atoms with Crippen molar-refractivity contribution in [1.29, 1.82) is 0 Å². The molecule has 0 aromatic carbocycles. The van der Waals surface area contributed by atoms with Crippen LogP contribution in [0.25, 0.3) is 0 Å². The molecule has 88 valence electrons. The van der Waals surface area contributed by atoms with Crippen molar-refractivity contribution in [1.82, 2.24) is 0 Å². The van der Waals surface area contributed by atoms with Gasteiger partial charge in [0.2, 0.25) is 0 Å². The summed E-state index contributed by atoms with van der Waals surface area (Å²) in [6.45, 7) is 3.59. The Morgan fingerprint density at radius 2 is 1.33 bits per heavy atom. The first-order valence-corrected chi connectivity index (χ1v) is 4.00. The Morgan fingerprint density at radius 3 is 1.47 bits per heavy atom. The van der Waals surface area contributed by atoms with Crippen LogP contribution in [-0.2, 0) is 28.9 Å². The first kappa shape index (κ1) is 15.8. The molecule has 0 spiro atoms. The monoisotopic (exact) mass is 222 g/mol. The topological polar surface area (TPSA) is 99.1 Å². The van der Waals surface area contributed by atoms with Gasteiger partial charge in [-0.3, -0.25) is 4.79 Å². The molecule has 0 saturated carbocycles. The number of carbonyl (C=O) groups excluding carboxylic acids is 3. The van der Waals surface area contributed by atoms with Crippen molar-refractivity contribution < 1.29 is 34.0 Å². The van der Waals surface area contributed by atoms with E-state index in [2.05, 4.69) is 14.5 Å². The fraction of sp³-hybridized carbons (Fsp3) is 0.625. The lowest BCUT2D eigenvalue weighted by atomic mass is 10.7. The summed E-state index contributed by atoms with van der Waals surface area (Å²) in [6.07, 6.45) is 0. The Labute approximate surface area is 86.8 Å². The van der Waals surface area contributed by atoms with Crippen LogP contribution in [0.2, 0.25) is 0 Å². The predicted octanol–water partition coefficient (Wildman–Crippen LogP) is -0.431. The maximum Gasteiger partial charge on any atom is 0.352 e. The summed E-state index contributed by atoms with van der Waals surface area (Å²) in [5.41, 5.74) is 0. The van der Waals surface area contributed by atoms with Gasteiger partial charge in [0.1, 0.15) is 6.61 Å². The minimum Gasteiger partial charge on any atom is -0.463 e. The van der Waals surface area contributed by atoms with Gasteiger partial charge in [0.15, 0.2) is 0 Å². The Bertz CT molecular complexity index is 197. The molecule has 0 saturated heterocycles. The van der Waals surface area contributed by atoms with E-state index < -0.39 is 11.9 Å². The first-order chi connectivity index (χ1) is 6.90. The summed E-state index contributed by atoms with van der Waals surface area (Å²) in [5.74, 6) is -1.63. The van der Waals surface area contributed by atoms with Crippen LogP contribution in [0.3, 0.4) is 0 Å². The summed E-state index contributed by atoms with van der Waals surface area (Å²) in [7, 11) is 0. The fourth-order valence-corrected chi connectivity index (χ4v) is 0.307. The van der Waals surface area contributed by atoms with Gasteiger partial charge in [-0.25, -0.2) is 19.4 Å². The van der Waals surface area contributed by atoms with Crippen molar-refractivity contribution in [2.45, 2.75) is 20.8 Å². The third-order valence-corrected chi connectivity index (χ3v) is 0.673. The van der Waals surface area contributed by atoms with E-state index in [1.807, 2.05) is 0 Å². The van der Waals surface area contributed by atoms with Crippen LogP contribution in [0.15, 0.2) is 0 Å². The molecule has 0 aromatic heterocycles. The molecule has 0 aliphatic carbocycles. The van der Waals surface area contributed by atoms with Crippen molar-refractivity contribution in [3.63, 3.8) is 0 Å². The summed E-state index contributed by atoms with van der Waals surface area (Å²) in [4.78, 5) is 37.2. The van der Waals surface area contributed by atoms with Crippen LogP contribution in [0, 0.1) is 0 Å². The second-order valence-electron chi connectivity index (χ2n) is 2.21. The number of esters is 1. The van der Waals surface area contributed by atoms with Crippen LogP contribution in [0.5, 0.6) is 0 Å². The van der Waals surface area contributed by atoms with Crippen molar-refractivity contribution in [2.24, 2.45) is 0 Å². The normalized spacial score (nSPS) is 8.00. The Balaban J connectivity index is 0. The molecule has 0 amide bonds. The molecular formula is C8H14O7. The number of aliphatic hydroxyl groups excluding tert-OH is 1. The van der Waals surface area contributed by atoms with Gasteiger partial charge in [-0.05, 0) is 0 Å². The molecule has 0 aliphatic heterocycles. The third-order valence-electron chi connectivity index (χ3n) is 0.673. The molecule has 0 aromatic rings. The van der Waals surface area contributed by atoms with E-state index in [-0.39, 0.29) is 19.2 Å². The number of hydrogen-bond donors (Lipinski definition) is 1. The lowest BCUT2D eigenvalue weighted by Gasteiger charge is -1.93. The maximum atomic E-state index is 9.87. The zero-order valence-electron chi connectivity index (χ0n) is 8.81.